The minimum absolute atomic E-state index is 0.0692. The van der Waals surface area contributed by atoms with Gasteiger partial charge in [0.05, 0.1) is 13.1 Å². The maximum atomic E-state index is 11.8. The normalized spacial score (nSPS) is 11.8. The molecule has 0 bridgehead atoms. The summed E-state index contributed by atoms with van der Waals surface area (Å²) < 4.78 is 0. The molecule has 11 heteroatoms. The highest BCUT2D eigenvalue weighted by Gasteiger charge is 2.28. The molecule has 4 N–H and O–H groups in total. The van der Waals surface area contributed by atoms with Gasteiger partial charge in [-0.3, -0.25) is 28.9 Å². The van der Waals surface area contributed by atoms with Gasteiger partial charge in [0.25, 0.3) is 0 Å². The zero-order valence-electron chi connectivity index (χ0n) is 18.0. The summed E-state index contributed by atoms with van der Waals surface area (Å²) in [6, 6.07) is -1.21. The summed E-state index contributed by atoms with van der Waals surface area (Å²) >= 11 is 1.33. The maximum Gasteiger partial charge on any atom is 0.320 e. The number of carboxylic acid groups (broad SMARTS) is 3. The largest absolute Gasteiger partial charge is 0.480 e. The predicted octanol–water partition coefficient (Wildman–Crippen LogP) is 1.82. The molecule has 0 saturated heterocycles. The second kappa shape index (κ2) is 17.5. The predicted molar refractivity (Wildman–Crippen MR) is 116 cm³/mol. The van der Waals surface area contributed by atoms with Gasteiger partial charge in [-0.15, -0.1) is 0 Å². The van der Waals surface area contributed by atoms with Crippen LogP contribution in [0.25, 0.3) is 0 Å². The number of carbonyl (C=O) groups excluding carboxylic acids is 2. The molecule has 0 aliphatic rings. The van der Waals surface area contributed by atoms with Crippen LogP contribution in [0.4, 0.5) is 0 Å². The van der Waals surface area contributed by atoms with Crippen molar-refractivity contribution in [1.29, 1.82) is 0 Å². The standard InChI is InChI=1S/C20H34N2O8S/c1-15(23)31-12-8-4-2-3-5-10-17(24)21-11-7-6-9-16(20(29)30)22(13-18(25)26)14-19(27)28/h16H,2-14H2,1H3,(H,21,24)(H,25,26)(H,27,28)(H,29,30). The summed E-state index contributed by atoms with van der Waals surface area (Å²) in [5, 5.41) is 30.0. The van der Waals surface area contributed by atoms with Crippen molar-refractivity contribution in [3.05, 3.63) is 0 Å². The zero-order chi connectivity index (χ0) is 23.6. The first kappa shape index (κ1) is 28.9. The van der Waals surface area contributed by atoms with Gasteiger partial charge in [0.1, 0.15) is 6.04 Å². The van der Waals surface area contributed by atoms with Crippen LogP contribution >= 0.6 is 11.8 Å². The van der Waals surface area contributed by atoms with E-state index < -0.39 is 37.0 Å². The van der Waals surface area contributed by atoms with E-state index in [1.54, 1.807) is 6.92 Å². The Morgan fingerprint density at radius 1 is 0.839 bits per heavy atom. The van der Waals surface area contributed by atoms with Crippen molar-refractivity contribution in [2.24, 2.45) is 0 Å². The highest BCUT2D eigenvalue weighted by molar-refractivity contribution is 8.13. The van der Waals surface area contributed by atoms with Crippen molar-refractivity contribution in [1.82, 2.24) is 10.2 Å². The van der Waals surface area contributed by atoms with E-state index in [1.165, 1.54) is 11.8 Å². The molecular weight excluding hydrogens is 428 g/mol. The third-order valence-electron chi connectivity index (χ3n) is 4.48. The lowest BCUT2D eigenvalue weighted by atomic mass is 10.1. The number of aliphatic carboxylic acids is 3. The Labute approximate surface area is 186 Å². The number of amides is 1. The highest BCUT2D eigenvalue weighted by Crippen LogP contribution is 2.11. The molecule has 0 aromatic heterocycles. The second-order valence-electron chi connectivity index (χ2n) is 7.25. The average Bonchev–Trinajstić information content (AvgIpc) is 2.64. The summed E-state index contributed by atoms with van der Waals surface area (Å²) in [5.74, 6) is -3.10. The van der Waals surface area contributed by atoms with Crippen LogP contribution in [-0.2, 0) is 24.0 Å². The number of nitrogens with one attached hydrogen (secondary N) is 1. The molecule has 0 spiro atoms. The number of nitrogens with zero attached hydrogens (tertiary/aromatic N) is 1. The number of thioether (sulfide) groups is 1. The van der Waals surface area contributed by atoms with Gasteiger partial charge < -0.3 is 20.6 Å². The van der Waals surface area contributed by atoms with E-state index in [-0.39, 0.29) is 17.4 Å². The Bertz CT molecular complexity index is 584. The molecule has 1 amide bonds. The number of rotatable bonds is 19. The van der Waals surface area contributed by atoms with Crippen LogP contribution in [0.1, 0.15) is 64.7 Å². The minimum atomic E-state index is -1.30. The van der Waals surface area contributed by atoms with Crippen LogP contribution in [0, 0.1) is 0 Å². The molecule has 0 aromatic rings. The van der Waals surface area contributed by atoms with Gasteiger partial charge in [-0.1, -0.05) is 31.0 Å². The summed E-state index contributed by atoms with van der Waals surface area (Å²) in [5.41, 5.74) is 0. The Balaban J connectivity index is 3.98. The molecule has 1 atom stereocenters. The smallest absolute Gasteiger partial charge is 0.320 e. The molecule has 0 heterocycles. The molecule has 10 nitrogen and oxygen atoms in total. The van der Waals surface area contributed by atoms with E-state index in [1.807, 2.05) is 0 Å². The van der Waals surface area contributed by atoms with E-state index in [9.17, 15) is 29.1 Å². The van der Waals surface area contributed by atoms with Crippen LogP contribution in [-0.4, -0.2) is 80.6 Å². The van der Waals surface area contributed by atoms with E-state index in [0.717, 1.165) is 42.8 Å². The molecule has 178 valence electrons. The lowest BCUT2D eigenvalue weighted by Crippen LogP contribution is -2.46. The minimum Gasteiger partial charge on any atom is -0.480 e. The van der Waals surface area contributed by atoms with Crippen molar-refractivity contribution in [2.75, 3.05) is 25.4 Å². The fraction of sp³-hybridized carbons (Fsp3) is 0.750. The van der Waals surface area contributed by atoms with Gasteiger partial charge in [0.15, 0.2) is 5.12 Å². The van der Waals surface area contributed by atoms with E-state index >= 15 is 0 Å². The van der Waals surface area contributed by atoms with Crippen LogP contribution < -0.4 is 5.32 Å². The maximum absolute atomic E-state index is 11.8. The summed E-state index contributed by atoms with van der Waals surface area (Å²) in [6.07, 6.45) is 6.21. The van der Waals surface area contributed by atoms with Crippen molar-refractivity contribution in [2.45, 2.75) is 70.8 Å². The fourth-order valence-electron chi connectivity index (χ4n) is 3.00. The van der Waals surface area contributed by atoms with E-state index in [0.29, 0.717) is 25.8 Å². The highest BCUT2D eigenvalue weighted by atomic mass is 32.2. The van der Waals surface area contributed by atoms with Gasteiger partial charge in [-0.05, 0) is 32.1 Å². The van der Waals surface area contributed by atoms with Crippen LogP contribution in [0.3, 0.4) is 0 Å². The van der Waals surface area contributed by atoms with Crippen LogP contribution in [0.2, 0.25) is 0 Å². The lowest BCUT2D eigenvalue weighted by molar-refractivity contribution is -0.149. The Morgan fingerprint density at radius 2 is 1.42 bits per heavy atom. The molecule has 0 saturated carbocycles. The van der Waals surface area contributed by atoms with Gasteiger partial charge in [-0.2, -0.15) is 0 Å². The van der Waals surface area contributed by atoms with Gasteiger partial charge in [0, 0.05) is 25.6 Å². The molecule has 31 heavy (non-hydrogen) atoms. The third-order valence-corrected chi connectivity index (χ3v) is 5.38. The first-order valence-electron chi connectivity index (χ1n) is 10.4. The molecule has 0 aliphatic heterocycles. The Hall–Kier alpha value is -2.14. The number of hydrogen-bond acceptors (Lipinski definition) is 7. The van der Waals surface area contributed by atoms with Crippen molar-refractivity contribution in [3.8, 4) is 0 Å². The number of unbranched alkanes of at least 4 members (excludes halogenated alkanes) is 5. The first-order valence-corrected chi connectivity index (χ1v) is 11.4. The van der Waals surface area contributed by atoms with Crippen molar-refractivity contribution in [3.63, 3.8) is 0 Å². The quantitative estimate of drug-likeness (QED) is 0.208. The monoisotopic (exact) mass is 462 g/mol. The van der Waals surface area contributed by atoms with Crippen LogP contribution in [0.5, 0.6) is 0 Å². The average molecular weight is 463 g/mol. The molecule has 0 rings (SSSR count). The molecular formula is C20H34N2O8S. The SMILES string of the molecule is CC(=O)SCCCCCCCC(=O)NCCCCC(C(=O)O)N(CC(=O)O)CC(=O)O. The Morgan fingerprint density at radius 3 is 1.97 bits per heavy atom. The summed E-state index contributed by atoms with van der Waals surface area (Å²) in [4.78, 5) is 56.7. The van der Waals surface area contributed by atoms with Gasteiger partial charge >= 0.3 is 17.9 Å². The number of carboxylic acids is 3. The number of hydrogen-bond donors (Lipinski definition) is 4. The van der Waals surface area contributed by atoms with Crippen LogP contribution in [0.15, 0.2) is 0 Å². The fourth-order valence-corrected chi connectivity index (χ4v) is 3.63. The van der Waals surface area contributed by atoms with E-state index in [4.69, 9.17) is 10.2 Å². The van der Waals surface area contributed by atoms with Crippen molar-refractivity contribution >= 4 is 40.7 Å². The van der Waals surface area contributed by atoms with Gasteiger partial charge in [-0.25, -0.2) is 0 Å². The third kappa shape index (κ3) is 17.3. The summed E-state index contributed by atoms with van der Waals surface area (Å²) in [6.45, 7) is 0.595. The lowest BCUT2D eigenvalue weighted by Gasteiger charge is -2.25. The molecule has 1 unspecified atom stereocenters. The zero-order valence-corrected chi connectivity index (χ0v) is 18.8. The molecule has 0 aromatic carbocycles. The molecule has 0 aliphatic carbocycles. The van der Waals surface area contributed by atoms with Gasteiger partial charge in [0.2, 0.25) is 5.91 Å². The Kier molecular flexibility index (Phi) is 16.3. The summed E-state index contributed by atoms with van der Waals surface area (Å²) in [7, 11) is 0. The topological polar surface area (TPSA) is 161 Å². The van der Waals surface area contributed by atoms with E-state index in [2.05, 4.69) is 5.32 Å². The first-order chi connectivity index (χ1) is 14.6. The number of carbonyl (C=O) groups is 5. The molecule has 0 radical (unpaired) electrons. The molecule has 0 fully saturated rings. The second-order valence-corrected chi connectivity index (χ2v) is 8.52. The van der Waals surface area contributed by atoms with Crippen molar-refractivity contribution < 1.29 is 39.3 Å².